The van der Waals surface area contributed by atoms with E-state index < -0.39 is 24.1 Å². The number of halogens is 2. The third-order valence-corrected chi connectivity index (χ3v) is 7.97. The molecule has 1 heterocycles. The molecule has 0 saturated carbocycles. The van der Waals surface area contributed by atoms with E-state index in [1.807, 2.05) is 68.4 Å². The molecule has 4 atom stereocenters. The van der Waals surface area contributed by atoms with Gasteiger partial charge in [-0.3, -0.25) is 4.79 Å². The van der Waals surface area contributed by atoms with Crippen LogP contribution in [0.2, 0.25) is 0 Å². The van der Waals surface area contributed by atoms with Gasteiger partial charge in [-0.05, 0) is 78.8 Å². The van der Waals surface area contributed by atoms with Crippen molar-refractivity contribution in [2.75, 3.05) is 11.9 Å². The molecule has 216 valence electrons. The standard InChI is InChI=1S/C35H34F2N2O3/c1-23-8-11-27(12-9-23)33(38-30-19-17-29(37)18-20-30)31(21-10-24(2)25-13-15-28(36)16-14-25)34(40)39-32(22-42-35(39)41)26-6-4-3-5-7-26/h3-9,11-20,24,31-33,38H,10,21-22H2,1-2H3. The zero-order chi connectivity index (χ0) is 29.6. The maximum atomic E-state index is 14.5. The van der Waals surface area contributed by atoms with Crippen LogP contribution in [0.15, 0.2) is 103 Å². The van der Waals surface area contributed by atoms with E-state index in [2.05, 4.69) is 5.32 Å². The van der Waals surface area contributed by atoms with Crippen LogP contribution >= 0.6 is 0 Å². The summed E-state index contributed by atoms with van der Waals surface area (Å²) in [6, 6.07) is 28.6. The quantitative estimate of drug-likeness (QED) is 0.209. The minimum Gasteiger partial charge on any atom is -0.446 e. The van der Waals surface area contributed by atoms with Gasteiger partial charge in [0.05, 0.1) is 12.0 Å². The molecule has 1 saturated heterocycles. The largest absolute Gasteiger partial charge is 0.446 e. The van der Waals surface area contributed by atoms with Crippen molar-refractivity contribution in [2.24, 2.45) is 5.92 Å². The number of amides is 2. The summed E-state index contributed by atoms with van der Waals surface area (Å²) in [5, 5.41) is 3.47. The molecular weight excluding hydrogens is 534 g/mol. The summed E-state index contributed by atoms with van der Waals surface area (Å²) < 4.78 is 32.8. The van der Waals surface area contributed by atoms with Crippen LogP contribution in [0, 0.1) is 24.5 Å². The van der Waals surface area contributed by atoms with Crippen LogP contribution in [0.25, 0.3) is 0 Å². The first-order valence-electron chi connectivity index (χ1n) is 14.2. The average molecular weight is 569 g/mol. The van der Waals surface area contributed by atoms with Crippen LogP contribution in [0.5, 0.6) is 0 Å². The van der Waals surface area contributed by atoms with Gasteiger partial charge in [-0.1, -0.05) is 79.2 Å². The molecule has 0 radical (unpaired) electrons. The number of nitrogens with zero attached hydrogens (tertiary/aromatic N) is 1. The molecule has 1 fully saturated rings. The predicted octanol–water partition coefficient (Wildman–Crippen LogP) is 8.35. The van der Waals surface area contributed by atoms with Gasteiger partial charge in [-0.25, -0.2) is 18.5 Å². The summed E-state index contributed by atoms with van der Waals surface area (Å²) in [5.74, 6) is -1.67. The molecule has 5 nitrogen and oxygen atoms in total. The second-order valence-electron chi connectivity index (χ2n) is 10.9. The van der Waals surface area contributed by atoms with Gasteiger partial charge in [0.1, 0.15) is 24.3 Å². The molecule has 1 aliphatic heterocycles. The zero-order valence-corrected chi connectivity index (χ0v) is 23.7. The monoisotopic (exact) mass is 568 g/mol. The average Bonchev–Trinajstić information content (AvgIpc) is 3.40. The fourth-order valence-electron chi connectivity index (χ4n) is 5.50. The van der Waals surface area contributed by atoms with Crippen molar-refractivity contribution in [3.63, 3.8) is 0 Å². The van der Waals surface area contributed by atoms with E-state index in [0.29, 0.717) is 18.5 Å². The first-order chi connectivity index (χ1) is 20.3. The maximum Gasteiger partial charge on any atom is 0.417 e. The van der Waals surface area contributed by atoms with Gasteiger partial charge >= 0.3 is 6.09 Å². The number of aryl methyl sites for hydroxylation is 1. The van der Waals surface area contributed by atoms with Crippen LogP contribution in [0.3, 0.4) is 0 Å². The fraction of sp³-hybridized carbons (Fsp3) is 0.257. The minimum absolute atomic E-state index is 0.0286. The van der Waals surface area contributed by atoms with Gasteiger partial charge in [-0.2, -0.15) is 0 Å². The highest BCUT2D eigenvalue weighted by Gasteiger charge is 2.44. The molecule has 4 unspecified atom stereocenters. The van der Waals surface area contributed by atoms with Gasteiger partial charge in [0.15, 0.2) is 0 Å². The van der Waals surface area contributed by atoms with E-state index in [9.17, 15) is 18.4 Å². The zero-order valence-electron chi connectivity index (χ0n) is 23.7. The maximum absolute atomic E-state index is 14.5. The Labute approximate surface area is 245 Å². The van der Waals surface area contributed by atoms with Crippen molar-refractivity contribution in [3.05, 3.63) is 137 Å². The Morgan fingerprint density at radius 1 is 0.857 bits per heavy atom. The topological polar surface area (TPSA) is 58.6 Å². The highest BCUT2D eigenvalue weighted by atomic mass is 19.1. The molecule has 4 aromatic rings. The van der Waals surface area contributed by atoms with Crippen LogP contribution in [0.4, 0.5) is 19.3 Å². The van der Waals surface area contributed by atoms with Gasteiger partial charge in [-0.15, -0.1) is 0 Å². The summed E-state index contributed by atoms with van der Waals surface area (Å²) in [4.78, 5) is 28.9. The van der Waals surface area contributed by atoms with Crippen LogP contribution in [0.1, 0.15) is 60.0 Å². The molecule has 4 aromatic carbocycles. The second-order valence-corrected chi connectivity index (χ2v) is 10.9. The Balaban J connectivity index is 1.53. The molecule has 0 bridgehead atoms. The lowest BCUT2D eigenvalue weighted by Crippen LogP contribution is -2.42. The molecule has 0 aromatic heterocycles. The molecule has 1 N–H and O–H groups in total. The number of cyclic esters (lactones) is 1. The van der Waals surface area contributed by atoms with E-state index in [1.165, 1.54) is 29.2 Å². The lowest BCUT2D eigenvalue weighted by molar-refractivity contribution is -0.134. The van der Waals surface area contributed by atoms with Gasteiger partial charge in [0.25, 0.3) is 0 Å². The summed E-state index contributed by atoms with van der Waals surface area (Å²) in [6.07, 6.45) is 0.360. The number of imide groups is 1. The third-order valence-electron chi connectivity index (χ3n) is 7.97. The number of carbonyl (C=O) groups excluding carboxylic acids is 2. The summed E-state index contributed by atoms with van der Waals surface area (Å²) in [6.45, 7) is 4.11. The Morgan fingerprint density at radius 3 is 2.10 bits per heavy atom. The van der Waals surface area contributed by atoms with Gasteiger partial charge < -0.3 is 10.1 Å². The molecule has 1 aliphatic rings. The smallest absolute Gasteiger partial charge is 0.417 e. The van der Waals surface area contributed by atoms with Crippen LogP contribution < -0.4 is 5.32 Å². The van der Waals surface area contributed by atoms with E-state index in [-0.39, 0.29) is 30.1 Å². The number of carbonyl (C=O) groups is 2. The number of hydrogen-bond acceptors (Lipinski definition) is 4. The van der Waals surface area contributed by atoms with E-state index in [1.54, 1.807) is 24.3 Å². The van der Waals surface area contributed by atoms with Crippen molar-refractivity contribution in [2.45, 2.75) is 44.7 Å². The Bertz CT molecular complexity index is 1490. The molecular formula is C35H34F2N2O3. The van der Waals surface area contributed by atoms with Crippen molar-refractivity contribution >= 4 is 17.7 Å². The Kier molecular flexibility index (Phi) is 8.96. The first-order valence-corrected chi connectivity index (χ1v) is 14.2. The highest BCUT2D eigenvalue weighted by molar-refractivity contribution is 5.95. The summed E-state index contributed by atoms with van der Waals surface area (Å²) in [5.41, 5.74) is 4.35. The van der Waals surface area contributed by atoms with Crippen molar-refractivity contribution in [1.29, 1.82) is 0 Å². The normalized spacial score (nSPS) is 16.9. The van der Waals surface area contributed by atoms with Gasteiger partial charge in [0.2, 0.25) is 5.91 Å². The van der Waals surface area contributed by atoms with E-state index in [0.717, 1.165) is 22.3 Å². The number of ether oxygens (including phenoxy) is 1. The molecule has 2 amide bonds. The number of hydrogen-bond donors (Lipinski definition) is 1. The summed E-state index contributed by atoms with van der Waals surface area (Å²) in [7, 11) is 0. The number of benzene rings is 4. The van der Waals surface area contributed by atoms with Crippen molar-refractivity contribution in [3.8, 4) is 0 Å². The molecule has 0 spiro atoms. The van der Waals surface area contributed by atoms with Crippen molar-refractivity contribution in [1.82, 2.24) is 4.90 Å². The lowest BCUT2D eigenvalue weighted by atomic mass is 9.83. The number of rotatable bonds is 10. The van der Waals surface area contributed by atoms with Crippen LogP contribution in [-0.4, -0.2) is 23.5 Å². The summed E-state index contributed by atoms with van der Waals surface area (Å²) >= 11 is 0. The SMILES string of the molecule is Cc1ccc(C(Nc2ccc(F)cc2)C(CCC(C)c2ccc(F)cc2)C(=O)N2C(=O)OCC2c2ccccc2)cc1. The molecule has 0 aliphatic carbocycles. The lowest BCUT2D eigenvalue weighted by Gasteiger charge is -2.33. The molecule has 7 heteroatoms. The van der Waals surface area contributed by atoms with Gasteiger partial charge in [0, 0.05) is 5.69 Å². The highest BCUT2D eigenvalue weighted by Crippen LogP contribution is 2.38. The van der Waals surface area contributed by atoms with E-state index >= 15 is 0 Å². The van der Waals surface area contributed by atoms with E-state index in [4.69, 9.17) is 4.74 Å². The second kappa shape index (κ2) is 13.0. The predicted molar refractivity (Wildman–Crippen MR) is 159 cm³/mol. The van der Waals surface area contributed by atoms with Crippen LogP contribution in [-0.2, 0) is 9.53 Å². The molecule has 42 heavy (non-hydrogen) atoms. The first kappa shape index (κ1) is 29.0. The third kappa shape index (κ3) is 6.68. The van der Waals surface area contributed by atoms with Crippen molar-refractivity contribution < 1.29 is 23.1 Å². The molecule has 5 rings (SSSR count). The minimum atomic E-state index is -0.683. The Morgan fingerprint density at radius 2 is 1.45 bits per heavy atom. The number of anilines is 1. The Hall–Kier alpha value is -4.52. The fourth-order valence-corrected chi connectivity index (χ4v) is 5.50. The number of nitrogens with one attached hydrogen (secondary N) is 1.